The van der Waals surface area contributed by atoms with Crippen LogP contribution in [0.15, 0.2) is 162 Å². The van der Waals surface area contributed by atoms with E-state index in [2.05, 4.69) is 102 Å². The third kappa shape index (κ3) is 4.43. The Bertz CT molecular complexity index is 3030. The molecular weight excluding hydrogens is 645 g/mol. The minimum Gasteiger partial charge on any atom is -0.456 e. The zero-order chi connectivity index (χ0) is 33.5. The zero-order valence-corrected chi connectivity index (χ0v) is 27.9. The third-order valence-electron chi connectivity index (χ3n) is 9.84. The van der Waals surface area contributed by atoms with Crippen LogP contribution in [0.3, 0.4) is 0 Å². The van der Waals surface area contributed by atoms with Crippen molar-refractivity contribution in [3.8, 4) is 39.9 Å². The van der Waals surface area contributed by atoms with E-state index in [9.17, 15) is 0 Å². The summed E-state index contributed by atoms with van der Waals surface area (Å²) in [5.41, 5.74) is 8.03. The Morgan fingerprint density at radius 3 is 1.61 bits per heavy atom. The molecule has 6 heteroatoms. The maximum Gasteiger partial charge on any atom is 0.164 e. The molecule has 0 aliphatic heterocycles. The Morgan fingerprint density at radius 2 is 0.941 bits per heavy atom. The smallest absolute Gasteiger partial charge is 0.164 e. The van der Waals surface area contributed by atoms with Crippen LogP contribution in [0, 0.1) is 0 Å². The Morgan fingerprint density at radius 1 is 0.392 bits per heavy atom. The van der Waals surface area contributed by atoms with Crippen molar-refractivity contribution in [1.82, 2.24) is 19.5 Å². The number of fused-ring (bicyclic) bond motifs is 9. The van der Waals surface area contributed by atoms with Crippen molar-refractivity contribution in [3.63, 3.8) is 0 Å². The lowest BCUT2D eigenvalue weighted by Crippen LogP contribution is -2.00. The van der Waals surface area contributed by atoms with E-state index in [0.717, 1.165) is 44.3 Å². The van der Waals surface area contributed by atoms with Gasteiger partial charge in [-0.15, -0.1) is 11.3 Å². The van der Waals surface area contributed by atoms with E-state index in [1.165, 1.54) is 42.0 Å². The van der Waals surface area contributed by atoms with Crippen LogP contribution in [-0.4, -0.2) is 19.5 Å². The van der Waals surface area contributed by atoms with E-state index in [0.29, 0.717) is 17.5 Å². The van der Waals surface area contributed by atoms with Crippen molar-refractivity contribution in [1.29, 1.82) is 0 Å². The van der Waals surface area contributed by atoms with Gasteiger partial charge in [0.2, 0.25) is 0 Å². The van der Waals surface area contributed by atoms with Gasteiger partial charge in [-0.25, -0.2) is 15.0 Å². The first-order valence-electron chi connectivity index (χ1n) is 16.9. The average Bonchev–Trinajstić information content (AvgIpc) is 3.85. The van der Waals surface area contributed by atoms with Crippen LogP contribution in [-0.2, 0) is 0 Å². The monoisotopic (exact) mass is 670 g/mol. The Kier molecular flexibility index (Phi) is 6.05. The summed E-state index contributed by atoms with van der Waals surface area (Å²) in [5, 5.41) is 7.19. The minimum atomic E-state index is 0.607. The number of nitrogens with zero attached hydrogens (tertiary/aromatic N) is 4. The molecule has 0 saturated carbocycles. The van der Waals surface area contributed by atoms with Gasteiger partial charge in [-0.05, 0) is 48.5 Å². The van der Waals surface area contributed by atoms with Gasteiger partial charge < -0.3 is 8.98 Å². The van der Waals surface area contributed by atoms with E-state index in [1.54, 1.807) is 0 Å². The summed E-state index contributed by atoms with van der Waals surface area (Å²) < 4.78 is 11.4. The van der Waals surface area contributed by atoms with Gasteiger partial charge in [-0.3, -0.25) is 0 Å². The van der Waals surface area contributed by atoms with Crippen molar-refractivity contribution in [2.24, 2.45) is 0 Å². The summed E-state index contributed by atoms with van der Waals surface area (Å²) in [4.78, 5) is 14.7. The normalized spacial score (nSPS) is 11.9. The maximum atomic E-state index is 6.56. The molecule has 0 radical (unpaired) electrons. The summed E-state index contributed by atoms with van der Waals surface area (Å²) in [6.07, 6.45) is 0. The number of hydrogen-bond acceptors (Lipinski definition) is 5. The number of hydrogen-bond donors (Lipinski definition) is 0. The molecule has 4 heterocycles. The molecule has 0 N–H and O–H groups in total. The molecule has 0 atom stereocenters. The molecule has 7 aromatic carbocycles. The van der Waals surface area contributed by atoms with E-state index in [-0.39, 0.29) is 0 Å². The van der Waals surface area contributed by atoms with Gasteiger partial charge in [0.05, 0.1) is 11.0 Å². The summed E-state index contributed by atoms with van der Waals surface area (Å²) in [6, 6.07) is 55.0. The maximum absolute atomic E-state index is 6.56. The van der Waals surface area contributed by atoms with Crippen molar-refractivity contribution < 1.29 is 4.42 Å². The molecule has 0 aliphatic carbocycles. The molecule has 4 aromatic heterocycles. The Labute approximate surface area is 295 Å². The van der Waals surface area contributed by atoms with Crippen LogP contribution in [0.5, 0.6) is 0 Å². The molecule has 11 rings (SSSR count). The second-order valence-corrected chi connectivity index (χ2v) is 13.9. The van der Waals surface area contributed by atoms with Crippen molar-refractivity contribution >= 4 is 75.3 Å². The lowest BCUT2D eigenvalue weighted by molar-refractivity contribution is 0.669. The fraction of sp³-hybridized carbons (Fsp3) is 0. The molecular formula is C45H26N4OS. The summed E-state index contributed by atoms with van der Waals surface area (Å²) in [5.74, 6) is 1.88. The highest BCUT2D eigenvalue weighted by Crippen LogP contribution is 2.42. The van der Waals surface area contributed by atoms with Gasteiger partial charge in [0, 0.05) is 64.1 Å². The number of rotatable bonds is 4. The van der Waals surface area contributed by atoms with E-state index < -0.39 is 0 Å². The molecule has 0 amide bonds. The predicted molar refractivity (Wildman–Crippen MR) is 211 cm³/mol. The quantitative estimate of drug-likeness (QED) is 0.187. The number of furan rings is 1. The largest absolute Gasteiger partial charge is 0.456 e. The number of para-hydroxylation sites is 2. The molecule has 5 nitrogen and oxygen atoms in total. The SMILES string of the molecule is c1ccc(-c2nc(-c3ccccc3)nc(-c3ccc4c(c3)oc3cc5sc6cc(-n7c8ccccc8c8ccccc87)ccc6c5cc34)n2)cc1. The van der Waals surface area contributed by atoms with Gasteiger partial charge in [0.1, 0.15) is 11.2 Å². The van der Waals surface area contributed by atoms with Crippen LogP contribution < -0.4 is 0 Å². The van der Waals surface area contributed by atoms with Crippen molar-refractivity contribution in [3.05, 3.63) is 158 Å². The van der Waals surface area contributed by atoms with Crippen LogP contribution in [0.2, 0.25) is 0 Å². The van der Waals surface area contributed by atoms with E-state index >= 15 is 0 Å². The Balaban J connectivity index is 1.03. The second kappa shape index (κ2) is 10.9. The van der Waals surface area contributed by atoms with Crippen LogP contribution in [0.4, 0.5) is 0 Å². The first-order valence-corrected chi connectivity index (χ1v) is 17.8. The van der Waals surface area contributed by atoms with Crippen LogP contribution >= 0.6 is 11.3 Å². The molecule has 238 valence electrons. The first-order chi connectivity index (χ1) is 25.2. The minimum absolute atomic E-state index is 0.607. The molecule has 51 heavy (non-hydrogen) atoms. The summed E-state index contributed by atoms with van der Waals surface area (Å²) in [7, 11) is 0. The highest BCUT2D eigenvalue weighted by Gasteiger charge is 2.17. The van der Waals surface area contributed by atoms with Gasteiger partial charge >= 0.3 is 0 Å². The predicted octanol–water partition coefficient (Wildman–Crippen LogP) is 12.2. The topological polar surface area (TPSA) is 56.7 Å². The zero-order valence-electron chi connectivity index (χ0n) is 27.1. The molecule has 0 bridgehead atoms. The standard InChI is InChI=1S/C45H26N4OS/c1-3-11-27(12-4-1)43-46-44(28-13-5-2-6-14-28)48-45(47-43)29-19-21-33-35-25-36-34-22-20-30(24-41(34)51-42(36)26-40(35)50-39(33)23-29)49-37-17-9-7-15-31(37)32-16-8-10-18-38(32)49/h1-26H. The highest BCUT2D eigenvalue weighted by atomic mass is 32.1. The van der Waals surface area contributed by atoms with E-state index in [1.807, 2.05) is 72.0 Å². The van der Waals surface area contributed by atoms with E-state index in [4.69, 9.17) is 19.4 Å². The van der Waals surface area contributed by atoms with Crippen molar-refractivity contribution in [2.45, 2.75) is 0 Å². The average molecular weight is 671 g/mol. The van der Waals surface area contributed by atoms with Crippen LogP contribution in [0.1, 0.15) is 0 Å². The first kappa shape index (κ1) is 28.2. The summed E-state index contributed by atoms with van der Waals surface area (Å²) in [6.45, 7) is 0. The molecule has 0 aliphatic rings. The molecule has 0 unspecified atom stereocenters. The molecule has 0 spiro atoms. The molecule has 0 fully saturated rings. The number of aromatic nitrogens is 4. The summed E-state index contributed by atoms with van der Waals surface area (Å²) >= 11 is 1.81. The number of thiophene rings is 1. The van der Waals surface area contributed by atoms with Crippen LogP contribution in [0.25, 0.3) is 104 Å². The number of benzene rings is 7. The van der Waals surface area contributed by atoms with Crippen molar-refractivity contribution in [2.75, 3.05) is 0 Å². The Hall–Kier alpha value is -6.63. The van der Waals surface area contributed by atoms with Gasteiger partial charge in [-0.1, -0.05) is 109 Å². The molecule has 0 saturated heterocycles. The molecule has 11 aromatic rings. The van der Waals surface area contributed by atoms with Gasteiger partial charge in [0.25, 0.3) is 0 Å². The lowest BCUT2D eigenvalue weighted by Gasteiger charge is -2.08. The fourth-order valence-electron chi connectivity index (χ4n) is 7.45. The lowest BCUT2D eigenvalue weighted by atomic mass is 10.1. The van der Waals surface area contributed by atoms with Gasteiger partial charge in [0.15, 0.2) is 17.5 Å². The fourth-order valence-corrected chi connectivity index (χ4v) is 8.60. The third-order valence-corrected chi connectivity index (χ3v) is 11.0. The highest BCUT2D eigenvalue weighted by molar-refractivity contribution is 7.25. The van der Waals surface area contributed by atoms with Gasteiger partial charge in [-0.2, -0.15) is 0 Å². The second-order valence-electron chi connectivity index (χ2n) is 12.8.